The lowest BCUT2D eigenvalue weighted by atomic mass is 10.1. The Kier molecular flexibility index (Phi) is 9.08. The molecule has 0 radical (unpaired) electrons. The smallest absolute Gasteiger partial charge is 0.258 e. The van der Waals surface area contributed by atoms with Gasteiger partial charge < -0.3 is 10.1 Å². The van der Waals surface area contributed by atoms with Crippen molar-refractivity contribution >= 4 is 29.8 Å². The first-order valence-electron chi connectivity index (χ1n) is 10.6. The van der Waals surface area contributed by atoms with Crippen molar-refractivity contribution < 1.29 is 14.3 Å². The van der Waals surface area contributed by atoms with E-state index >= 15 is 0 Å². The summed E-state index contributed by atoms with van der Waals surface area (Å²) in [5.41, 5.74) is 5.55. The molecule has 0 aliphatic heterocycles. The van der Waals surface area contributed by atoms with Gasteiger partial charge in [0.05, 0.1) is 18.0 Å². The van der Waals surface area contributed by atoms with Crippen LogP contribution in [0.25, 0.3) is 0 Å². The Morgan fingerprint density at radius 2 is 1.67 bits per heavy atom. The Morgan fingerprint density at radius 3 is 2.36 bits per heavy atom. The van der Waals surface area contributed by atoms with E-state index in [1.807, 2.05) is 68.4 Å². The number of hydrogen-bond acceptors (Lipinski definition) is 5. The van der Waals surface area contributed by atoms with Crippen molar-refractivity contribution in [3.05, 3.63) is 95.6 Å². The summed E-state index contributed by atoms with van der Waals surface area (Å²) in [4.78, 5) is 25.1. The molecule has 2 N–H and O–H groups in total. The average molecular weight is 462 g/mol. The first kappa shape index (κ1) is 24.1. The van der Waals surface area contributed by atoms with E-state index in [9.17, 15) is 9.59 Å². The van der Waals surface area contributed by atoms with E-state index in [0.717, 1.165) is 16.0 Å². The molecule has 0 fully saturated rings. The van der Waals surface area contributed by atoms with Crippen LogP contribution in [0.2, 0.25) is 0 Å². The number of rotatable bonds is 10. The van der Waals surface area contributed by atoms with E-state index in [1.54, 1.807) is 30.5 Å². The Hall–Kier alpha value is -3.58. The highest BCUT2D eigenvalue weighted by Crippen LogP contribution is 2.18. The lowest BCUT2D eigenvalue weighted by Gasteiger charge is -2.14. The molecule has 0 heterocycles. The highest BCUT2D eigenvalue weighted by molar-refractivity contribution is 8.00. The number of carbonyl (C=O) groups is 2. The van der Waals surface area contributed by atoms with Gasteiger partial charge in [0.25, 0.3) is 5.91 Å². The molecule has 0 saturated carbocycles. The number of hydrogen-bond donors (Lipinski definition) is 2. The number of carbonyl (C=O) groups excluding carboxylic acids is 2. The molecule has 3 aromatic rings. The van der Waals surface area contributed by atoms with Gasteiger partial charge in [0.15, 0.2) is 6.61 Å². The minimum atomic E-state index is -0.191. The molecular weight excluding hydrogens is 434 g/mol. The second-order valence-electron chi connectivity index (χ2n) is 7.45. The van der Waals surface area contributed by atoms with Crippen molar-refractivity contribution in [1.82, 2.24) is 10.7 Å². The summed E-state index contributed by atoms with van der Waals surface area (Å²) in [6.07, 6.45) is 1.56. The number of nitrogens with zero attached hydrogens (tertiary/aromatic N) is 1. The van der Waals surface area contributed by atoms with Gasteiger partial charge in [-0.25, -0.2) is 5.43 Å². The highest BCUT2D eigenvalue weighted by Gasteiger charge is 2.09. The maximum Gasteiger partial charge on any atom is 0.258 e. The summed E-state index contributed by atoms with van der Waals surface area (Å²) < 4.78 is 5.55. The maximum atomic E-state index is 12.1. The number of amides is 2. The van der Waals surface area contributed by atoms with E-state index in [4.69, 9.17) is 4.74 Å². The fourth-order valence-electron chi connectivity index (χ4n) is 2.90. The largest absolute Gasteiger partial charge is 0.484 e. The zero-order valence-electron chi connectivity index (χ0n) is 18.7. The lowest BCUT2D eigenvalue weighted by molar-refractivity contribution is -0.123. The van der Waals surface area contributed by atoms with E-state index in [1.165, 1.54) is 17.3 Å². The van der Waals surface area contributed by atoms with Crippen molar-refractivity contribution in [3.63, 3.8) is 0 Å². The molecule has 0 aliphatic rings. The van der Waals surface area contributed by atoms with Crippen LogP contribution in [0.3, 0.4) is 0 Å². The molecule has 7 heteroatoms. The number of benzene rings is 3. The molecule has 0 spiro atoms. The van der Waals surface area contributed by atoms with Gasteiger partial charge in [0.1, 0.15) is 5.75 Å². The Balaban J connectivity index is 1.37. The topological polar surface area (TPSA) is 79.8 Å². The maximum absolute atomic E-state index is 12.1. The van der Waals surface area contributed by atoms with Crippen molar-refractivity contribution in [1.29, 1.82) is 0 Å². The summed E-state index contributed by atoms with van der Waals surface area (Å²) in [7, 11) is 0. The van der Waals surface area contributed by atoms with Gasteiger partial charge in [-0.3, -0.25) is 9.59 Å². The minimum Gasteiger partial charge on any atom is -0.484 e. The van der Waals surface area contributed by atoms with Crippen LogP contribution in [0.1, 0.15) is 29.7 Å². The summed E-state index contributed by atoms with van der Waals surface area (Å²) in [6.45, 7) is 3.89. The molecule has 33 heavy (non-hydrogen) atoms. The fraction of sp³-hybridized carbons (Fsp3) is 0.192. The Labute approximate surface area is 198 Å². The number of thioether (sulfide) groups is 1. The minimum absolute atomic E-state index is 0.0701. The third-order valence-electron chi connectivity index (χ3n) is 4.72. The SMILES string of the molecule is Cc1ccc(SCC(=O)NN=Cc2ccc(OCC(=O)NC(C)c3ccccc3)cc2)cc1. The number of ether oxygens (including phenoxy) is 1. The van der Waals surface area contributed by atoms with Crippen molar-refractivity contribution in [2.75, 3.05) is 12.4 Å². The van der Waals surface area contributed by atoms with Crippen LogP contribution in [0.4, 0.5) is 0 Å². The third-order valence-corrected chi connectivity index (χ3v) is 5.73. The van der Waals surface area contributed by atoms with Gasteiger partial charge in [-0.2, -0.15) is 5.10 Å². The van der Waals surface area contributed by atoms with Crippen LogP contribution in [0.5, 0.6) is 5.75 Å². The Morgan fingerprint density at radius 1 is 0.970 bits per heavy atom. The molecule has 2 amide bonds. The molecule has 0 aliphatic carbocycles. The van der Waals surface area contributed by atoms with E-state index in [0.29, 0.717) is 5.75 Å². The standard InChI is InChI=1S/C26H27N3O3S/c1-19-8-14-24(15-9-19)33-18-26(31)29-27-16-21-10-12-23(13-11-21)32-17-25(30)28-20(2)22-6-4-3-5-7-22/h3-16,20H,17-18H2,1-2H3,(H,28,30)(H,29,31). The van der Waals surface area contributed by atoms with Crippen LogP contribution in [0.15, 0.2) is 88.9 Å². The number of nitrogens with one attached hydrogen (secondary N) is 2. The van der Waals surface area contributed by atoms with Gasteiger partial charge in [0.2, 0.25) is 5.91 Å². The molecule has 6 nitrogen and oxygen atoms in total. The normalized spacial score (nSPS) is 11.7. The monoisotopic (exact) mass is 461 g/mol. The molecular formula is C26H27N3O3S. The molecule has 0 bridgehead atoms. The van der Waals surface area contributed by atoms with Gasteiger partial charge in [-0.1, -0.05) is 48.0 Å². The molecule has 1 unspecified atom stereocenters. The highest BCUT2D eigenvalue weighted by atomic mass is 32.2. The fourth-order valence-corrected chi connectivity index (χ4v) is 3.59. The first-order valence-corrected chi connectivity index (χ1v) is 11.6. The number of aryl methyl sites for hydroxylation is 1. The lowest BCUT2D eigenvalue weighted by Crippen LogP contribution is -2.31. The summed E-state index contributed by atoms with van der Waals surface area (Å²) >= 11 is 1.46. The molecule has 170 valence electrons. The van der Waals surface area contributed by atoms with Crippen LogP contribution >= 0.6 is 11.8 Å². The summed E-state index contributed by atoms with van der Waals surface area (Å²) in [6, 6.07) is 24.8. The van der Waals surface area contributed by atoms with Gasteiger partial charge in [0, 0.05) is 4.90 Å². The second kappa shape index (κ2) is 12.5. The van der Waals surface area contributed by atoms with Crippen molar-refractivity contribution in [2.45, 2.75) is 24.8 Å². The van der Waals surface area contributed by atoms with Crippen LogP contribution < -0.4 is 15.5 Å². The summed E-state index contributed by atoms with van der Waals surface area (Å²) in [5.74, 6) is 0.502. The Bertz CT molecular complexity index is 1070. The van der Waals surface area contributed by atoms with Crippen LogP contribution in [0, 0.1) is 6.92 Å². The molecule has 0 aromatic heterocycles. The molecule has 3 aromatic carbocycles. The predicted molar refractivity (Wildman–Crippen MR) is 133 cm³/mol. The average Bonchev–Trinajstić information content (AvgIpc) is 2.84. The van der Waals surface area contributed by atoms with Crippen LogP contribution in [-0.4, -0.2) is 30.4 Å². The number of hydrazone groups is 1. The summed E-state index contributed by atoms with van der Waals surface area (Å²) in [5, 5.41) is 6.90. The first-order chi connectivity index (χ1) is 16.0. The zero-order valence-corrected chi connectivity index (χ0v) is 19.5. The van der Waals surface area contributed by atoms with Crippen molar-refractivity contribution in [2.24, 2.45) is 5.10 Å². The predicted octanol–water partition coefficient (Wildman–Crippen LogP) is 4.49. The molecule has 3 rings (SSSR count). The van der Waals surface area contributed by atoms with Crippen LogP contribution in [-0.2, 0) is 9.59 Å². The van der Waals surface area contributed by atoms with E-state index < -0.39 is 0 Å². The zero-order chi connectivity index (χ0) is 23.5. The quantitative estimate of drug-likeness (QED) is 0.265. The van der Waals surface area contributed by atoms with E-state index in [-0.39, 0.29) is 30.2 Å². The van der Waals surface area contributed by atoms with E-state index in [2.05, 4.69) is 15.8 Å². The van der Waals surface area contributed by atoms with Gasteiger partial charge >= 0.3 is 0 Å². The van der Waals surface area contributed by atoms with Gasteiger partial charge in [-0.05, 0) is 61.4 Å². The molecule has 0 saturated heterocycles. The third kappa shape index (κ3) is 8.46. The van der Waals surface area contributed by atoms with Gasteiger partial charge in [-0.15, -0.1) is 11.8 Å². The molecule has 1 atom stereocenters. The second-order valence-corrected chi connectivity index (χ2v) is 8.50. The van der Waals surface area contributed by atoms with Crippen molar-refractivity contribution in [3.8, 4) is 5.75 Å².